The van der Waals surface area contributed by atoms with Gasteiger partial charge in [0.2, 0.25) is 5.56 Å². The van der Waals surface area contributed by atoms with Crippen molar-refractivity contribution in [3.05, 3.63) is 33.7 Å². The molecule has 3 atom stereocenters. The normalized spacial score (nSPS) is 30.3. The van der Waals surface area contributed by atoms with Gasteiger partial charge < -0.3 is 15.0 Å². The third-order valence-corrected chi connectivity index (χ3v) is 4.49. The highest BCUT2D eigenvalue weighted by Gasteiger charge is 2.28. The van der Waals surface area contributed by atoms with Crippen molar-refractivity contribution in [2.75, 3.05) is 7.11 Å². The monoisotopic (exact) mass is 262 g/mol. The molecule has 2 N–H and O–H groups in total. The van der Waals surface area contributed by atoms with E-state index >= 15 is 0 Å². The number of methoxy groups -OCH3 is 1. The van der Waals surface area contributed by atoms with Crippen LogP contribution in [-0.2, 0) is 11.2 Å². The maximum absolute atomic E-state index is 11.4. The maximum Gasteiger partial charge on any atom is 0.248 e. The third kappa shape index (κ3) is 2.74. The topological polar surface area (TPSA) is 54.1 Å². The summed E-state index contributed by atoms with van der Waals surface area (Å²) in [6, 6.07) is 4.58. The molecule has 3 rings (SSSR count). The molecule has 0 saturated heterocycles. The average molecular weight is 262 g/mol. The number of pyridine rings is 1. The highest BCUT2D eigenvalue weighted by atomic mass is 16.5. The Morgan fingerprint density at radius 2 is 2.21 bits per heavy atom. The second kappa shape index (κ2) is 5.47. The van der Waals surface area contributed by atoms with Crippen molar-refractivity contribution >= 4 is 0 Å². The number of hydrogen-bond donors (Lipinski definition) is 2. The SMILES string of the molecule is COC1CCC(NC2CCCc3[nH]c(=O)ccc32)C1. The minimum Gasteiger partial charge on any atom is -0.381 e. The van der Waals surface area contributed by atoms with Crippen molar-refractivity contribution in [1.29, 1.82) is 0 Å². The number of rotatable bonds is 3. The van der Waals surface area contributed by atoms with Gasteiger partial charge in [-0.05, 0) is 44.1 Å². The van der Waals surface area contributed by atoms with Crippen LogP contribution in [0.25, 0.3) is 0 Å². The molecule has 19 heavy (non-hydrogen) atoms. The third-order valence-electron chi connectivity index (χ3n) is 4.49. The Kier molecular flexibility index (Phi) is 3.71. The van der Waals surface area contributed by atoms with Gasteiger partial charge >= 0.3 is 0 Å². The van der Waals surface area contributed by atoms with E-state index in [2.05, 4.69) is 10.3 Å². The van der Waals surface area contributed by atoms with Gasteiger partial charge in [0, 0.05) is 31.0 Å². The van der Waals surface area contributed by atoms with E-state index < -0.39 is 0 Å². The summed E-state index contributed by atoms with van der Waals surface area (Å²) >= 11 is 0. The largest absolute Gasteiger partial charge is 0.381 e. The Morgan fingerprint density at radius 1 is 1.32 bits per heavy atom. The van der Waals surface area contributed by atoms with Gasteiger partial charge in [0.05, 0.1) is 6.10 Å². The predicted molar refractivity (Wildman–Crippen MR) is 74.3 cm³/mol. The predicted octanol–water partition coefficient (Wildman–Crippen LogP) is 1.91. The summed E-state index contributed by atoms with van der Waals surface area (Å²) < 4.78 is 5.43. The molecule has 104 valence electrons. The first-order valence-corrected chi connectivity index (χ1v) is 7.27. The lowest BCUT2D eigenvalue weighted by Crippen LogP contribution is -2.34. The molecule has 0 spiro atoms. The minimum absolute atomic E-state index is 0.0136. The fraction of sp³-hybridized carbons (Fsp3) is 0.667. The van der Waals surface area contributed by atoms with Crippen LogP contribution < -0.4 is 10.9 Å². The van der Waals surface area contributed by atoms with Crippen LogP contribution in [0.3, 0.4) is 0 Å². The molecule has 2 aliphatic rings. The minimum atomic E-state index is 0.0136. The first-order chi connectivity index (χ1) is 9.26. The number of H-pyrrole nitrogens is 1. The molecule has 1 aromatic heterocycles. The number of nitrogens with one attached hydrogen (secondary N) is 2. The van der Waals surface area contributed by atoms with Gasteiger partial charge in [-0.2, -0.15) is 0 Å². The van der Waals surface area contributed by atoms with Crippen LogP contribution in [0, 0.1) is 0 Å². The van der Waals surface area contributed by atoms with Crippen LogP contribution in [0.15, 0.2) is 16.9 Å². The Labute approximate surface area is 113 Å². The molecule has 1 saturated carbocycles. The lowest BCUT2D eigenvalue weighted by Gasteiger charge is -2.28. The van der Waals surface area contributed by atoms with Gasteiger partial charge in [-0.3, -0.25) is 4.79 Å². The van der Waals surface area contributed by atoms with E-state index in [1.54, 1.807) is 13.2 Å². The number of ether oxygens (including phenoxy) is 1. The van der Waals surface area contributed by atoms with Crippen molar-refractivity contribution in [3.63, 3.8) is 0 Å². The first kappa shape index (κ1) is 12.9. The summed E-state index contributed by atoms with van der Waals surface area (Å²) in [6.45, 7) is 0. The first-order valence-electron chi connectivity index (χ1n) is 7.27. The molecule has 0 amide bonds. The van der Waals surface area contributed by atoms with Gasteiger partial charge in [-0.1, -0.05) is 6.07 Å². The highest BCUT2D eigenvalue weighted by molar-refractivity contribution is 5.26. The molecule has 4 nitrogen and oxygen atoms in total. The van der Waals surface area contributed by atoms with E-state index in [4.69, 9.17) is 4.74 Å². The van der Waals surface area contributed by atoms with Gasteiger partial charge in [-0.25, -0.2) is 0 Å². The summed E-state index contributed by atoms with van der Waals surface area (Å²) in [5, 5.41) is 3.76. The zero-order chi connectivity index (χ0) is 13.2. The molecule has 3 unspecified atom stereocenters. The van der Waals surface area contributed by atoms with E-state index in [1.165, 1.54) is 12.0 Å². The summed E-state index contributed by atoms with van der Waals surface area (Å²) in [5.74, 6) is 0. The standard InChI is InChI=1S/C15H22N2O2/c1-19-11-6-5-10(9-11)16-13-3-2-4-14-12(13)7-8-15(18)17-14/h7-8,10-11,13,16H,2-6,9H2,1H3,(H,17,18). The van der Waals surface area contributed by atoms with Gasteiger partial charge in [0.15, 0.2) is 0 Å². The average Bonchev–Trinajstić information content (AvgIpc) is 2.86. The molecule has 1 aromatic rings. The van der Waals surface area contributed by atoms with Crippen molar-refractivity contribution in [3.8, 4) is 0 Å². The molecule has 1 heterocycles. The quantitative estimate of drug-likeness (QED) is 0.875. The molecule has 0 aliphatic heterocycles. The Bertz CT molecular complexity index is 497. The Balaban J connectivity index is 1.72. The number of hydrogen-bond acceptors (Lipinski definition) is 3. The van der Waals surface area contributed by atoms with E-state index in [1.807, 2.05) is 6.07 Å². The molecule has 0 bridgehead atoms. The second-order valence-corrected chi connectivity index (χ2v) is 5.74. The second-order valence-electron chi connectivity index (χ2n) is 5.74. The summed E-state index contributed by atoms with van der Waals surface area (Å²) in [5.41, 5.74) is 2.42. The summed E-state index contributed by atoms with van der Waals surface area (Å²) in [7, 11) is 1.80. The molecule has 4 heteroatoms. The zero-order valence-electron chi connectivity index (χ0n) is 11.4. The van der Waals surface area contributed by atoms with Gasteiger partial charge in [0.25, 0.3) is 0 Å². The highest BCUT2D eigenvalue weighted by Crippen LogP contribution is 2.30. The molecular formula is C15H22N2O2. The van der Waals surface area contributed by atoms with E-state index in [0.717, 1.165) is 37.8 Å². The van der Waals surface area contributed by atoms with Crippen LogP contribution in [0.2, 0.25) is 0 Å². The molecule has 1 fully saturated rings. The molecule has 2 aliphatic carbocycles. The fourth-order valence-electron chi connectivity index (χ4n) is 3.46. The Morgan fingerprint density at radius 3 is 3.00 bits per heavy atom. The molecule has 0 radical (unpaired) electrons. The van der Waals surface area contributed by atoms with Crippen molar-refractivity contribution in [2.24, 2.45) is 0 Å². The van der Waals surface area contributed by atoms with Crippen LogP contribution in [0.5, 0.6) is 0 Å². The fourth-order valence-corrected chi connectivity index (χ4v) is 3.46. The van der Waals surface area contributed by atoms with Crippen molar-refractivity contribution in [2.45, 2.75) is 56.7 Å². The number of aromatic amines is 1. The number of aromatic nitrogens is 1. The number of fused-ring (bicyclic) bond motifs is 1. The van der Waals surface area contributed by atoms with E-state index in [0.29, 0.717) is 18.2 Å². The zero-order valence-corrected chi connectivity index (χ0v) is 11.4. The Hall–Kier alpha value is -1.13. The van der Waals surface area contributed by atoms with Crippen LogP contribution in [0.1, 0.15) is 49.4 Å². The van der Waals surface area contributed by atoms with Crippen LogP contribution >= 0.6 is 0 Å². The van der Waals surface area contributed by atoms with Crippen molar-refractivity contribution < 1.29 is 4.74 Å². The van der Waals surface area contributed by atoms with Crippen LogP contribution in [0.4, 0.5) is 0 Å². The maximum atomic E-state index is 11.4. The van der Waals surface area contributed by atoms with E-state index in [9.17, 15) is 4.79 Å². The van der Waals surface area contributed by atoms with Gasteiger partial charge in [0.1, 0.15) is 0 Å². The molecule has 0 aromatic carbocycles. The van der Waals surface area contributed by atoms with Crippen molar-refractivity contribution in [1.82, 2.24) is 10.3 Å². The van der Waals surface area contributed by atoms with Crippen LogP contribution in [-0.4, -0.2) is 24.2 Å². The van der Waals surface area contributed by atoms with Gasteiger partial charge in [-0.15, -0.1) is 0 Å². The lowest BCUT2D eigenvalue weighted by molar-refractivity contribution is 0.106. The molecular weight excluding hydrogens is 240 g/mol. The van der Waals surface area contributed by atoms with E-state index in [-0.39, 0.29) is 5.56 Å². The smallest absolute Gasteiger partial charge is 0.248 e. The number of aryl methyl sites for hydroxylation is 1. The summed E-state index contributed by atoms with van der Waals surface area (Å²) in [6.07, 6.45) is 7.16. The lowest BCUT2D eigenvalue weighted by atomic mass is 9.90. The summed E-state index contributed by atoms with van der Waals surface area (Å²) in [4.78, 5) is 14.4.